The molecule has 0 spiro atoms. The first-order valence-electron chi connectivity index (χ1n) is 9.95. The Morgan fingerprint density at radius 2 is 1.90 bits per heavy atom. The van der Waals surface area contributed by atoms with Gasteiger partial charge in [-0.3, -0.25) is 14.7 Å². The lowest BCUT2D eigenvalue weighted by molar-refractivity contribution is -0.120. The van der Waals surface area contributed by atoms with Gasteiger partial charge in [-0.05, 0) is 37.0 Å². The number of hydrogen-bond acceptors (Lipinski definition) is 5. The van der Waals surface area contributed by atoms with Gasteiger partial charge in [0.25, 0.3) is 0 Å². The molecule has 1 heterocycles. The number of nitrogens with two attached hydrogens (primary N) is 1. The van der Waals surface area contributed by atoms with Crippen LogP contribution >= 0.6 is 35.0 Å². The zero-order chi connectivity index (χ0) is 21.8. The van der Waals surface area contributed by atoms with Gasteiger partial charge in [0.2, 0.25) is 5.91 Å². The van der Waals surface area contributed by atoms with Crippen molar-refractivity contribution in [2.75, 3.05) is 0 Å². The quantitative estimate of drug-likeness (QED) is 0.574. The minimum absolute atomic E-state index is 0.0478. The largest absolute Gasteiger partial charge is 0.351 e. The van der Waals surface area contributed by atoms with E-state index >= 15 is 0 Å². The van der Waals surface area contributed by atoms with Crippen molar-refractivity contribution in [3.05, 3.63) is 28.2 Å². The summed E-state index contributed by atoms with van der Waals surface area (Å²) in [5, 5.41) is 12.1. The van der Waals surface area contributed by atoms with Crippen LogP contribution in [0.5, 0.6) is 0 Å². The number of primary amides is 1. The zero-order valence-electron chi connectivity index (χ0n) is 16.9. The fraction of sp³-hybridized carbons (Fsp3) is 0.500. The Hall–Kier alpha value is -1.77. The molecule has 0 saturated heterocycles. The summed E-state index contributed by atoms with van der Waals surface area (Å²) >= 11 is 13.8. The van der Waals surface area contributed by atoms with Crippen LogP contribution in [0.4, 0.5) is 4.79 Å². The van der Waals surface area contributed by atoms with Crippen molar-refractivity contribution in [1.82, 2.24) is 20.1 Å². The second-order valence-corrected chi connectivity index (χ2v) is 9.68. The standard InChI is InChI=1S/C20H25Cl2N5O2S/c1-11(2)16(18(28)24-19(23)29)30-20-26-25-17(14-9-8-12(21)10-15(14)22)27(20)13-6-4-3-5-7-13/h8-11,13,16H,3-7H2,1-2H3,(H3,23,24,28,29). The summed E-state index contributed by atoms with van der Waals surface area (Å²) in [7, 11) is 0. The third-order valence-electron chi connectivity index (χ3n) is 5.12. The summed E-state index contributed by atoms with van der Waals surface area (Å²) in [6, 6.07) is 4.63. The Balaban J connectivity index is 2.02. The fourth-order valence-corrected chi connectivity index (χ4v) is 5.27. The molecule has 3 N–H and O–H groups in total. The van der Waals surface area contributed by atoms with E-state index < -0.39 is 17.2 Å². The summed E-state index contributed by atoms with van der Waals surface area (Å²) in [4.78, 5) is 23.7. The Labute approximate surface area is 190 Å². The van der Waals surface area contributed by atoms with Crippen LogP contribution < -0.4 is 11.1 Å². The van der Waals surface area contributed by atoms with Crippen LogP contribution in [0, 0.1) is 5.92 Å². The molecular formula is C20H25Cl2N5O2S. The molecule has 1 unspecified atom stereocenters. The molecule has 0 aliphatic heterocycles. The molecule has 3 rings (SSSR count). The van der Waals surface area contributed by atoms with E-state index in [2.05, 4.69) is 20.1 Å². The predicted molar refractivity (Wildman–Crippen MR) is 120 cm³/mol. The molecular weight excluding hydrogens is 445 g/mol. The maximum atomic E-state index is 12.5. The second-order valence-electron chi connectivity index (χ2n) is 7.73. The van der Waals surface area contributed by atoms with Gasteiger partial charge in [-0.2, -0.15) is 0 Å². The average Bonchev–Trinajstić information content (AvgIpc) is 3.09. The number of imide groups is 1. The van der Waals surface area contributed by atoms with Crippen LogP contribution in [0.1, 0.15) is 52.0 Å². The molecule has 10 heteroatoms. The number of carbonyl (C=O) groups is 2. The number of aromatic nitrogens is 3. The molecule has 0 bridgehead atoms. The number of carbonyl (C=O) groups excluding carboxylic acids is 2. The highest BCUT2D eigenvalue weighted by Crippen LogP contribution is 2.39. The van der Waals surface area contributed by atoms with Gasteiger partial charge in [-0.15, -0.1) is 10.2 Å². The van der Waals surface area contributed by atoms with Crippen molar-refractivity contribution >= 4 is 46.9 Å². The minimum atomic E-state index is -0.867. The van der Waals surface area contributed by atoms with Crippen LogP contribution in [0.3, 0.4) is 0 Å². The first kappa shape index (κ1) is 22.9. The maximum Gasteiger partial charge on any atom is 0.318 e. The number of nitrogens with one attached hydrogen (secondary N) is 1. The molecule has 0 radical (unpaired) electrons. The van der Waals surface area contributed by atoms with Crippen LogP contribution in [0.25, 0.3) is 11.4 Å². The summed E-state index contributed by atoms with van der Waals surface area (Å²) in [5.74, 6) is 0.170. The van der Waals surface area contributed by atoms with Gasteiger partial charge >= 0.3 is 6.03 Å². The molecule has 162 valence electrons. The lowest BCUT2D eigenvalue weighted by atomic mass is 9.95. The van der Waals surface area contributed by atoms with Gasteiger partial charge in [0.1, 0.15) is 0 Å². The van der Waals surface area contributed by atoms with E-state index in [0.717, 1.165) is 31.2 Å². The maximum absolute atomic E-state index is 12.5. The molecule has 3 amide bonds. The summed E-state index contributed by atoms with van der Waals surface area (Å²) in [6.45, 7) is 3.83. The molecule has 1 saturated carbocycles. The van der Waals surface area contributed by atoms with Crippen molar-refractivity contribution in [2.45, 2.75) is 62.4 Å². The molecule has 1 atom stereocenters. The van der Waals surface area contributed by atoms with E-state index in [1.807, 2.05) is 19.9 Å². The number of nitrogens with zero attached hydrogens (tertiary/aromatic N) is 3. The highest BCUT2D eigenvalue weighted by molar-refractivity contribution is 8.00. The normalized spacial score (nSPS) is 15.9. The number of thioether (sulfide) groups is 1. The third-order valence-corrected chi connectivity index (χ3v) is 7.17. The first-order valence-corrected chi connectivity index (χ1v) is 11.6. The fourth-order valence-electron chi connectivity index (χ4n) is 3.68. The van der Waals surface area contributed by atoms with Gasteiger partial charge < -0.3 is 5.73 Å². The van der Waals surface area contributed by atoms with Crippen LogP contribution in [-0.2, 0) is 4.79 Å². The smallest absolute Gasteiger partial charge is 0.318 e. The molecule has 1 aliphatic carbocycles. The number of rotatable bonds is 6. The average molecular weight is 470 g/mol. The minimum Gasteiger partial charge on any atom is -0.351 e. The number of amides is 3. The van der Waals surface area contributed by atoms with E-state index in [4.69, 9.17) is 28.9 Å². The lowest BCUT2D eigenvalue weighted by Gasteiger charge is -2.27. The Morgan fingerprint density at radius 1 is 1.20 bits per heavy atom. The summed E-state index contributed by atoms with van der Waals surface area (Å²) < 4.78 is 2.09. The third kappa shape index (κ3) is 5.28. The van der Waals surface area contributed by atoms with Crippen molar-refractivity contribution in [1.29, 1.82) is 0 Å². The van der Waals surface area contributed by atoms with E-state index in [1.54, 1.807) is 12.1 Å². The zero-order valence-corrected chi connectivity index (χ0v) is 19.2. The number of hydrogen-bond donors (Lipinski definition) is 2. The van der Waals surface area contributed by atoms with E-state index in [1.165, 1.54) is 18.2 Å². The number of benzene rings is 1. The topological polar surface area (TPSA) is 103 Å². The van der Waals surface area contributed by atoms with Gasteiger partial charge in [0, 0.05) is 16.6 Å². The Morgan fingerprint density at radius 3 is 2.50 bits per heavy atom. The molecule has 2 aromatic rings. The molecule has 1 aromatic heterocycles. The van der Waals surface area contributed by atoms with Crippen molar-refractivity contribution in [3.8, 4) is 11.4 Å². The first-order chi connectivity index (χ1) is 14.3. The highest BCUT2D eigenvalue weighted by Gasteiger charge is 2.30. The highest BCUT2D eigenvalue weighted by atomic mass is 35.5. The van der Waals surface area contributed by atoms with E-state index in [9.17, 15) is 9.59 Å². The SMILES string of the molecule is CC(C)C(Sc1nnc(-c2ccc(Cl)cc2Cl)n1C1CCCCC1)C(=O)NC(N)=O. The molecule has 1 aliphatic rings. The van der Waals surface area contributed by atoms with Crippen LogP contribution in [0.2, 0.25) is 10.0 Å². The van der Waals surface area contributed by atoms with Crippen molar-refractivity contribution in [2.24, 2.45) is 11.7 Å². The van der Waals surface area contributed by atoms with Crippen molar-refractivity contribution < 1.29 is 9.59 Å². The van der Waals surface area contributed by atoms with Gasteiger partial charge in [0.15, 0.2) is 11.0 Å². The van der Waals surface area contributed by atoms with E-state index in [-0.39, 0.29) is 12.0 Å². The monoisotopic (exact) mass is 469 g/mol. The Bertz CT molecular complexity index is 928. The number of urea groups is 1. The van der Waals surface area contributed by atoms with Crippen LogP contribution in [-0.4, -0.2) is 32.0 Å². The summed E-state index contributed by atoms with van der Waals surface area (Å²) in [5.41, 5.74) is 5.89. The number of halogens is 2. The second kappa shape index (κ2) is 10.0. The van der Waals surface area contributed by atoms with E-state index in [0.29, 0.717) is 21.0 Å². The predicted octanol–water partition coefficient (Wildman–Crippen LogP) is 5.07. The lowest BCUT2D eigenvalue weighted by Crippen LogP contribution is -2.42. The van der Waals surface area contributed by atoms with Crippen LogP contribution in [0.15, 0.2) is 23.4 Å². The Kier molecular flexibility index (Phi) is 7.65. The van der Waals surface area contributed by atoms with Crippen molar-refractivity contribution in [3.63, 3.8) is 0 Å². The summed E-state index contributed by atoms with van der Waals surface area (Å²) in [6.07, 6.45) is 5.45. The molecule has 7 nitrogen and oxygen atoms in total. The molecule has 1 fully saturated rings. The van der Waals surface area contributed by atoms with Gasteiger partial charge in [-0.25, -0.2) is 4.79 Å². The van der Waals surface area contributed by atoms with Gasteiger partial charge in [0.05, 0.1) is 10.3 Å². The molecule has 1 aromatic carbocycles. The molecule has 30 heavy (non-hydrogen) atoms. The van der Waals surface area contributed by atoms with Gasteiger partial charge in [-0.1, -0.05) is 68.1 Å².